The highest BCUT2D eigenvalue weighted by Gasteiger charge is 2.16. The maximum Gasteiger partial charge on any atom is 0.233 e. The van der Waals surface area contributed by atoms with Gasteiger partial charge in [0.05, 0.1) is 6.54 Å². The molecule has 3 N–H and O–H groups in total. The highest BCUT2D eigenvalue weighted by molar-refractivity contribution is 5.77. The van der Waals surface area contributed by atoms with E-state index in [4.69, 9.17) is 5.11 Å². The van der Waals surface area contributed by atoms with Gasteiger partial charge in [-0.05, 0) is 18.8 Å². The van der Waals surface area contributed by atoms with Crippen molar-refractivity contribution < 1.29 is 9.90 Å². The van der Waals surface area contributed by atoms with E-state index >= 15 is 0 Å². The van der Waals surface area contributed by atoms with E-state index in [1.807, 2.05) is 6.92 Å². The van der Waals surface area contributed by atoms with Gasteiger partial charge in [-0.2, -0.15) is 0 Å². The van der Waals surface area contributed by atoms with Gasteiger partial charge in [-0.25, -0.2) is 0 Å². The van der Waals surface area contributed by atoms with E-state index < -0.39 is 0 Å². The van der Waals surface area contributed by atoms with Gasteiger partial charge in [0.25, 0.3) is 0 Å². The first-order valence-electron chi connectivity index (χ1n) is 5.10. The van der Waals surface area contributed by atoms with E-state index in [9.17, 15) is 4.79 Å². The Morgan fingerprint density at radius 3 is 2.57 bits per heavy atom. The molecule has 0 fully saturated rings. The van der Waals surface area contributed by atoms with E-state index in [-0.39, 0.29) is 17.9 Å². The van der Waals surface area contributed by atoms with Gasteiger partial charge < -0.3 is 15.7 Å². The molecule has 0 atom stereocenters. The molecule has 0 bridgehead atoms. The molecule has 0 aliphatic heterocycles. The summed E-state index contributed by atoms with van der Waals surface area (Å²) in [7, 11) is 0. The minimum atomic E-state index is 0.0206. The molecule has 0 aliphatic rings. The van der Waals surface area contributed by atoms with E-state index in [2.05, 4.69) is 24.5 Å². The molecule has 0 saturated heterocycles. The first-order valence-corrected chi connectivity index (χ1v) is 5.10. The maximum absolute atomic E-state index is 11.1. The quantitative estimate of drug-likeness (QED) is 0.549. The zero-order valence-corrected chi connectivity index (χ0v) is 9.39. The Morgan fingerprint density at radius 2 is 2.07 bits per heavy atom. The highest BCUT2D eigenvalue weighted by Crippen LogP contribution is 2.17. The smallest absolute Gasteiger partial charge is 0.233 e. The van der Waals surface area contributed by atoms with E-state index in [0.717, 1.165) is 13.0 Å². The Balaban J connectivity index is 3.57. The molecule has 0 radical (unpaired) electrons. The minimum Gasteiger partial charge on any atom is -0.396 e. The lowest BCUT2D eigenvalue weighted by Gasteiger charge is -2.23. The molecule has 0 aliphatic carbocycles. The van der Waals surface area contributed by atoms with Gasteiger partial charge in [0, 0.05) is 19.7 Å². The Morgan fingerprint density at radius 1 is 1.43 bits per heavy atom. The van der Waals surface area contributed by atoms with Gasteiger partial charge in [-0.3, -0.25) is 4.79 Å². The topological polar surface area (TPSA) is 61.4 Å². The third kappa shape index (κ3) is 6.86. The summed E-state index contributed by atoms with van der Waals surface area (Å²) in [6, 6.07) is 0. The van der Waals surface area contributed by atoms with Crippen molar-refractivity contribution in [2.24, 2.45) is 5.41 Å². The zero-order chi connectivity index (χ0) is 11.0. The van der Waals surface area contributed by atoms with Crippen molar-refractivity contribution in [3.05, 3.63) is 0 Å². The molecule has 0 unspecified atom stereocenters. The molecule has 0 aromatic carbocycles. The molecule has 0 aromatic rings. The van der Waals surface area contributed by atoms with Crippen LogP contribution >= 0.6 is 0 Å². The van der Waals surface area contributed by atoms with Crippen molar-refractivity contribution in [3.8, 4) is 0 Å². The number of aliphatic hydroxyl groups is 1. The Bertz CT molecular complexity index is 170. The average Bonchev–Trinajstić information content (AvgIpc) is 2.03. The molecule has 4 heteroatoms. The lowest BCUT2D eigenvalue weighted by Crippen LogP contribution is -2.38. The summed E-state index contributed by atoms with van der Waals surface area (Å²) in [5.74, 6) is 0.0206. The lowest BCUT2D eigenvalue weighted by atomic mass is 9.90. The standard InChI is InChI=1S/C10H22N2O2/c1-4-12-9(14)7-11-8-10(2,3)5-6-13/h11,13H,4-8H2,1-3H3,(H,12,14). The largest absolute Gasteiger partial charge is 0.396 e. The normalized spacial score (nSPS) is 11.4. The zero-order valence-electron chi connectivity index (χ0n) is 9.39. The van der Waals surface area contributed by atoms with E-state index in [1.165, 1.54) is 0 Å². The van der Waals surface area contributed by atoms with Gasteiger partial charge in [-0.1, -0.05) is 13.8 Å². The molecule has 14 heavy (non-hydrogen) atoms. The number of rotatable bonds is 7. The fraction of sp³-hybridized carbons (Fsp3) is 0.900. The van der Waals surface area contributed by atoms with Crippen molar-refractivity contribution in [2.45, 2.75) is 27.2 Å². The molecular weight excluding hydrogens is 180 g/mol. The van der Waals surface area contributed by atoms with Crippen LogP contribution in [0.3, 0.4) is 0 Å². The summed E-state index contributed by atoms with van der Waals surface area (Å²) in [6.45, 7) is 7.97. The molecule has 1 amide bonds. The fourth-order valence-corrected chi connectivity index (χ4v) is 1.17. The summed E-state index contributed by atoms with van der Waals surface area (Å²) in [5.41, 5.74) is 0.0429. The third-order valence-corrected chi connectivity index (χ3v) is 2.05. The van der Waals surface area contributed by atoms with Gasteiger partial charge in [0.15, 0.2) is 0 Å². The lowest BCUT2D eigenvalue weighted by molar-refractivity contribution is -0.120. The van der Waals surface area contributed by atoms with Crippen LogP contribution in [0.1, 0.15) is 27.2 Å². The third-order valence-electron chi connectivity index (χ3n) is 2.05. The van der Waals surface area contributed by atoms with Crippen LogP contribution in [0.4, 0.5) is 0 Å². The first-order chi connectivity index (χ1) is 6.52. The molecule has 0 rings (SSSR count). The van der Waals surface area contributed by atoms with E-state index in [1.54, 1.807) is 0 Å². The van der Waals surface area contributed by atoms with E-state index in [0.29, 0.717) is 13.1 Å². The minimum absolute atomic E-state index is 0.0206. The molecule has 4 nitrogen and oxygen atoms in total. The summed E-state index contributed by atoms with van der Waals surface area (Å²) in [5, 5.41) is 14.6. The second-order valence-corrected chi connectivity index (χ2v) is 4.19. The van der Waals surface area contributed by atoms with Gasteiger partial charge in [0.2, 0.25) is 5.91 Å². The van der Waals surface area contributed by atoms with Crippen LogP contribution in [0, 0.1) is 5.41 Å². The fourth-order valence-electron chi connectivity index (χ4n) is 1.17. The molecular formula is C10H22N2O2. The van der Waals surface area contributed by atoms with Crippen molar-refractivity contribution >= 4 is 5.91 Å². The summed E-state index contributed by atoms with van der Waals surface area (Å²) >= 11 is 0. The molecule has 0 heterocycles. The summed E-state index contributed by atoms with van der Waals surface area (Å²) in [6.07, 6.45) is 0.745. The highest BCUT2D eigenvalue weighted by atomic mass is 16.3. The van der Waals surface area contributed by atoms with Crippen LogP contribution in [0.15, 0.2) is 0 Å². The van der Waals surface area contributed by atoms with Crippen LogP contribution in [-0.4, -0.2) is 37.3 Å². The summed E-state index contributed by atoms with van der Waals surface area (Å²) in [4.78, 5) is 11.1. The van der Waals surface area contributed by atoms with Crippen molar-refractivity contribution in [1.82, 2.24) is 10.6 Å². The van der Waals surface area contributed by atoms with Crippen molar-refractivity contribution in [1.29, 1.82) is 0 Å². The van der Waals surface area contributed by atoms with Crippen LogP contribution in [-0.2, 0) is 4.79 Å². The van der Waals surface area contributed by atoms with Crippen LogP contribution in [0.25, 0.3) is 0 Å². The first kappa shape index (κ1) is 13.4. The number of hydrogen-bond donors (Lipinski definition) is 3. The number of carbonyl (C=O) groups excluding carboxylic acids is 1. The number of likely N-dealkylation sites (N-methyl/N-ethyl adjacent to an activating group) is 1. The van der Waals surface area contributed by atoms with Crippen LogP contribution < -0.4 is 10.6 Å². The predicted molar refractivity (Wildman–Crippen MR) is 57.0 cm³/mol. The Labute approximate surface area is 86.1 Å². The number of aliphatic hydroxyl groups excluding tert-OH is 1. The predicted octanol–water partition coefficient (Wildman–Crippen LogP) is 0.121. The average molecular weight is 202 g/mol. The second kappa shape index (κ2) is 6.79. The monoisotopic (exact) mass is 202 g/mol. The molecule has 0 aromatic heterocycles. The number of hydrogen-bond acceptors (Lipinski definition) is 3. The van der Waals surface area contributed by atoms with Crippen molar-refractivity contribution in [2.75, 3.05) is 26.2 Å². The maximum atomic E-state index is 11.1. The SMILES string of the molecule is CCNC(=O)CNCC(C)(C)CCO. The summed E-state index contributed by atoms with van der Waals surface area (Å²) < 4.78 is 0. The Hall–Kier alpha value is -0.610. The molecule has 84 valence electrons. The molecule has 0 saturated carbocycles. The molecule has 0 spiro atoms. The number of amides is 1. The number of carbonyl (C=O) groups is 1. The van der Waals surface area contributed by atoms with Crippen LogP contribution in [0.2, 0.25) is 0 Å². The van der Waals surface area contributed by atoms with Crippen molar-refractivity contribution in [3.63, 3.8) is 0 Å². The van der Waals surface area contributed by atoms with Crippen LogP contribution in [0.5, 0.6) is 0 Å². The second-order valence-electron chi connectivity index (χ2n) is 4.19. The van der Waals surface area contributed by atoms with Gasteiger partial charge in [-0.15, -0.1) is 0 Å². The van der Waals surface area contributed by atoms with Gasteiger partial charge >= 0.3 is 0 Å². The van der Waals surface area contributed by atoms with Gasteiger partial charge in [0.1, 0.15) is 0 Å². The number of nitrogens with one attached hydrogen (secondary N) is 2. The Kier molecular flexibility index (Phi) is 6.49.